The Morgan fingerprint density at radius 3 is 1.56 bits per heavy atom. The molecule has 0 bridgehead atoms. The number of hydrogen-bond donors (Lipinski definition) is 1. The zero-order chi connectivity index (χ0) is 36.0. The first kappa shape index (κ1) is 33.8. The number of amides is 1. The van der Waals surface area contributed by atoms with Gasteiger partial charge in [0.15, 0.2) is 0 Å². The van der Waals surface area contributed by atoms with E-state index in [1.165, 1.54) is 11.1 Å². The van der Waals surface area contributed by atoms with Crippen molar-refractivity contribution in [2.24, 2.45) is 0 Å². The average molecular weight is 671 g/mol. The van der Waals surface area contributed by atoms with Crippen molar-refractivity contribution in [2.45, 2.75) is 34.2 Å². The molecule has 1 aromatic heterocycles. The summed E-state index contributed by atoms with van der Waals surface area (Å²) in [5.41, 5.74) is 13.1. The van der Waals surface area contributed by atoms with Gasteiger partial charge < -0.3 is 5.32 Å². The molecule has 0 radical (unpaired) electrons. The highest BCUT2D eigenvalue weighted by Crippen LogP contribution is 2.43. The molecule has 6 aromatic carbocycles. The minimum atomic E-state index is -0.263. The number of aryl methyl sites for hydroxylation is 4. The van der Waals surface area contributed by atoms with E-state index in [9.17, 15) is 4.79 Å². The molecular weight excluding hydrogens is 633 g/mol. The second-order valence-corrected chi connectivity index (χ2v) is 13.2. The molecule has 250 valence electrons. The van der Waals surface area contributed by atoms with Crippen LogP contribution in [0.25, 0.3) is 33.0 Å². The fourth-order valence-corrected chi connectivity index (χ4v) is 6.28. The van der Waals surface area contributed by atoms with Crippen LogP contribution in [0.1, 0.15) is 60.6 Å². The molecule has 0 fully saturated rings. The molecule has 1 heterocycles. The first-order valence-corrected chi connectivity index (χ1v) is 17.5. The molecule has 0 atom stereocenters. The average Bonchev–Trinajstić information content (AvgIpc) is 3.17. The predicted molar refractivity (Wildman–Crippen MR) is 214 cm³/mol. The highest BCUT2D eigenvalue weighted by atomic mass is 16.1. The van der Waals surface area contributed by atoms with Gasteiger partial charge >= 0.3 is 0 Å². The highest BCUT2D eigenvalue weighted by Gasteiger charge is 2.25. The number of pyridine rings is 1. The molecule has 1 N–H and O–H groups in total. The van der Waals surface area contributed by atoms with Crippen molar-refractivity contribution >= 4 is 16.7 Å². The van der Waals surface area contributed by atoms with Crippen molar-refractivity contribution in [1.29, 1.82) is 0 Å². The van der Waals surface area contributed by atoms with Gasteiger partial charge in [0.25, 0.3) is 5.91 Å². The summed E-state index contributed by atoms with van der Waals surface area (Å²) in [4.78, 5) is 19.0. The third-order valence-corrected chi connectivity index (χ3v) is 9.18. The van der Waals surface area contributed by atoms with E-state index in [1.54, 1.807) is 6.20 Å². The van der Waals surface area contributed by atoms with Crippen molar-refractivity contribution in [2.75, 3.05) is 0 Å². The second-order valence-electron chi connectivity index (χ2n) is 13.2. The van der Waals surface area contributed by atoms with Crippen LogP contribution in [0, 0.1) is 51.4 Å². The van der Waals surface area contributed by atoms with Crippen molar-refractivity contribution < 1.29 is 4.79 Å². The van der Waals surface area contributed by atoms with E-state index in [2.05, 4.69) is 129 Å². The minimum absolute atomic E-state index is 0.263. The number of fused-ring (bicyclic) bond motifs is 1. The monoisotopic (exact) mass is 670 g/mol. The Hall–Kier alpha value is -6.68. The topological polar surface area (TPSA) is 42.0 Å². The maximum absolute atomic E-state index is 14.3. The number of nitrogens with zero attached hydrogens (tertiary/aromatic N) is 1. The van der Waals surface area contributed by atoms with Crippen LogP contribution in [-0.2, 0) is 6.54 Å². The lowest BCUT2D eigenvalue weighted by Crippen LogP contribution is -2.24. The summed E-state index contributed by atoms with van der Waals surface area (Å²) in [7, 11) is 0. The molecule has 7 aromatic rings. The SMILES string of the molecule is Cc1ccc(C#Cc2c(-c3ccc(C)cc3)c(C#Cc3ccc(C)cc3)c3ccnc(C(=O)NCc4ccccc4)c3c2-c2ccc(C)cc2)cc1. The Kier molecular flexibility index (Phi) is 9.79. The van der Waals surface area contributed by atoms with E-state index in [1.807, 2.05) is 60.7 Å². The largest absolute Gasteiger partial charge is 0.347 e. The number of aromatic nitrogens is 1. The lowest BCUT2D eigenvalue weighted by molar-refractivity contribution is 0.0948. The number of nitrogens with one attached hydrogen (secondary N) is 1. The van der Waals surface area contributed by atoms with E-state index >= 15 is 0 Å². The molecule has 0 unspecified atom stereocenters. The van der Waals surface area contributed by atoms with Crippen molar-refractivity contribution in [3.63, 3.8) is 0 Å². The van der Waals surface area contributed by atoms with Crippen molar-refractivity contribution in [3.8, 4) is 45.9 Å². The quantitative estimate of drug-likeness (QED) is 0.185. The Labute approximate surface area is 306 Å². The van der Waals surface area contributed by atoms with Gasteiger partial charge in [0.2, 0.25) is 0 Å². The zero-order valence-electron chi connectivity index (χ0n) is 29.8. The molecule has 0 saturated carbocycles. The van der Waals surface area contributed by atoms with Gasteiger partial charge in [0.05, 0.1) is 0 Å². The molecule has 1 amide bonds. The van der Waals surface area contributed by atoms with E-state index in [4.69, 9.17) is 4.98 Å². The van der Waals surface area contributed by atoms with E-state index in [0.717, 1.165) is 66.6 Å². The summed E-state index contributed by atoms with van der Waals surface area (Å²) in [6, 6.07) is 45.3. The number of rotatable bonds is 5. The van der Waals surface area contributed by atoms with Gasteiger partial charge in [0, 0.05) is 56.9 Å². The smallest absolute Gasteiger partial charge is 0.270 e. The lowest BCUT2D eigenvalue weighted by Gasteiger charge is -2.20. The first-order valence-electron chi connectivity index (χ1n) is 17.5. The van der Waals surface area contributed by atoms with Gasteiger partial charge in [-0.3, -0.25) is 9.78 Å². The number of carbonyl (C=O) groups is 1. The van der Waals surface area contributed by atoms with Crippen molar-refractivity contribution in [3.05, 3.63) is 195 Å². The second kappa shape index (κ2) is 15.1. The molecule has 7 rings (SSSR count). The molecule has 0 saturated heterocycles. The first-order chi connectivity index (χ1) is 25.3. The van der Waals surface area contributed by atoms with Gasteiger partial charge in [-0.1, -0.05) is 149 Å². The van der Waals surface area contributed by atoms with Crippen LogP contribution in [0.15, 0.2) is 140 Å². The molecule has 0 aliphatic rings. The highest BCUT2D eigenvalue weighted by molar-refractivity contribution is 6.16. The summed E-state index contributed by atoms with van der Waals surface area (Å²) in [5, 5.41) is 4.70. The van der Waals surface area contributed by atoms with E-state index < -0.39 is 0 Å². The predicted octanol–water partition coefficient (Wildman–Crippen LogP) is 10.5. The van der Waals surface area contributed by atoms with Gasteiger partial charge in [-0.05, 0) is 74.7 Å². The summed E-state index contributed by atoms with van der Waals surface area (Å²) in [6.07, 6.45) is 1.71. The van der Waals surface area contributed by atoms with Crippen LogP contribution in [0.2, 0.25) is 0 Å². The molecule has 0 spiro atoms. The maximum Gasteiger partial charge on any atom is 0.270 e. The maximum atomic E-state index is 14.3. The van der Waals surface area contributed by atoms with Crippen molar-refractivity contribution in [1.82, 2.24) is 10.3 Å². The Morgan fingerprint density at radius 1 is 0.538 bits per heavy atom. The van der Waals surface area contributed by atoms with Crippen LogP contribution < -0.4 is 5.32 Å². The van der Waals surface area contributed by atoms with Gasteiger partial charge in [-0.2, -0.15) is 0 Å². The summed E-state index contributed by atoms with van der Waals surface area (Å²) < 4.78 is 0. The number of carbonyl (C=O) groups excluding carboxylic acids is 1. The molecule has 0 aliphatic carbocycles. The normalized spacial score (nSPS) is 10.5. The van der Waals surface area contributed by atoms with Crippen LogP contribution in [-0.4, -0.2) is 10.9 Å². The number of hydrogen-bond acceptors (Lipinski definition) is 2. The fraction of sp³-hybridized carbons (Fsp3) is 0.102. The van der Waals surface area contributed by atoms with Gasteiger partial charge in [0.1, 0.15) is 5.69 Å². The molecule has 3 heteroatoms. The van der Waals surface area contributed by atoms with Crippen LogP contribution in [0.3, 0.4) is 0 Å². The van der Waals surface area contributed by atoms with Crippen LogP contribution >= 0.6 is 0 Å². The zero-order valence-corrected chi connectivity index (χ0v) is 29.8. The van der Waals surface area contributed by atoms with Crippen LogP contribution in [0.5, 0.6) is 0 Å². The fourth-order valence-electron chi connectivity index (χ4n) is 6.28. The molecule has 0 aliphatic heterocycles. The van der Waals surface area contributed by atoms with E-state index in [0.29, 0.717) is 17.6 Å². The summed E-state index contributed by atoms with van der Waals surface area (Å²) in [5.74, 6) is 13.9. The summed E-state index contributed by atoms with van der Waals surface area (Å²) >= 11 is 0. The Balaban J connectivity index is 1.60. The third kappa shape index (κ3) is 7.41. The Bertz CT molecular complexity index is 2520. The lowest BCUT2D eigenvalue weighted by atomic mass is 9.82. The van der Waals surface area contributed by atoms with Crippen LogP contribution in [0.4, 0.5) is 0 Å². The molecular formula is C49H38N2O. The number of benzene rings is 6. The minimum Gasteiger partial charge on any atom is -0.347 e. The Morgan fingerprint density at radius 2 is 1.02 bits per heavy atom. The van der Waals surface area contributed by atoms with E-state index in [-0.39, 0.29) is 5.91 Å². The van der Waals surface area contributed by atoms with Gasteiger partial charge in [-0.15, -0.1) is 0 Å². The molecule has 52 heavy (non-hydrogen) atoms. The third-order valence-electron chi connectivity index (χ3n) is 9.18. The van der Waals surface area contributed by atoms with Gasteiger partial charge in [-0.25, -0.2) is 0 Å². The molecule has 3 nitrogen and oxygen atoms in total. The summed E-state index contributed by atoms with van der Waals surface area (Å²) in [6.45, 7) is 8.68. The standard InChI is InChI=1S/C49H38N2O/c1-33-10-18-37(19-11-33)22-28-42-43-30-31-50-48(49(52)51-32-39-8-6-5-7-9-39)47(43)46(41-26-16-36(4)17-27-41)44(29-23-38-20-12-34(2)13-21-38)45(42)40-24-14-35(3)15-25-40/h5-21,24-27,30-31H,32H2,1-4H3,(H,51,52).